The Bertz CT molecular complexity index is 1660. The molecule has 10 heteroatoms. The zero-order valence-corrected chi connectivity index (χ0v) is 19.3. The molecule has 0 aliphatic carbocycles. The molecule has 0 aliphatic heterocycles. The maximum atomic E-state index is 12.6. The number of pyridine rings is 1. The van der Waals surface area contributed by atoms with Gasteiger partial charge in [-0.2, -0.15) is 5.10 Å². The van der Waals surface area contributed by atoms with Gasteiger partial charge in [0.2, 0.25) is 5.91 Å². The summed E-state index contributed by atoms with van der Waals surface area (Å²) >= 11 is 0. The van der Waals surface area contributed by atoms with E-state index in [0.717, 1.165) is 50.8 Å². The first-order chi connectivity index (χ1) is 17.6. The molecule has 1 amide bonds. The van der Waals surface area contributed by atoms with Crippen LogP contribution in [-0.4, -0.2) is 45.6 Å². The molecule has 36 heavy (non-hydrogen) atoms. The topological polar surface area (TPSA) is 130 Å². The summed E-state index contributed by atoms with van der Waals surface area (Å²) in [6.07, 6.45) is 8.81. The fourth-order valence-corrected chi connectivity index (χ4v) is 4.06. The Morgan fingerprint density at radius 1 is 1.00 bits per heavy atom. The third-order valence-corrected chi connectivity index (χ3v) is 5.80. The molecule has 0 atom stereocenters. The number of anilines is 1. The second kappa shape index (κ2) is 8.91. The smallest absolute Gasteiger partial charge is 0.230 e. The Morgan fingerprint density at radius 3 is 2.61 bits per heavy atom. The maximum Gasteiger partial charge on any atom is 0.230 e. The largest absolute Gasteiger partial charge is 0.339 e. The number of benzene rings is 1. The van der Waals surface area contributed by atoms with E-state index in [2.05, 4.69) is 40.4 Å². The lowest BCUT2D eigenvalue weighted by atomic mass is 10.1. The first kappa shape index (κ1) is 21.4. The van der Waals surface area contributed by atoms with E-state index in [4.69, 9.17) is 0 Å². The molecule has 176 valence electrons. The third-order valence-electron chi connectivity index (χ3n) is 5.80. The molecule has 6 aromatic rings. The fraction of sp³-hybridized carbons (Fsp3) is 0.0769. The fourth-order valence-electron chi connectivity index (χ4n) is 4.06. The van der Waals surface area contributed by atoms with Gasteiger partial charge in [-0.25, -0.2) is 15.0 Å². The number of amides is 1. The van der Waals surface area contributed by atoms with Crippen molar-refractivity contribution in [1.29, 1.82) is 0 Å². The minimum atomic E-state index is -0.131. The molecule has 0 unspecified atom stereocenters. The van der Waals surface area contributed by atoms with Gasteiger partial charge in [-0.15, -0.1) is 0 Å². The standard InChI is InChI=1S/C26H21N9O/c1-16-13-35(15-30-16)26-21-12-22(32-25(21)28-14-29-26)17-2-4-19(5-3-17)31-24(36)11-20-10-23(34-33-20)18-6-8-27-9-7-18/h2-10,12-15H,11H2,1H3,(H,31,36)(H,33,34)(H,28,29,32). The number of carbonyl (C=O) groups excluding carboxylic acids is 1. The van der Waals surface area contributed by atoms with E-state index in [1.807, 2.05) is 66.2 Å². The number of aromatic amines is 2. The molecule has 6 rings (SSSR count). The summed E-state index contributed by atoms with van der Waals surface area (Å²) in [5, 5.41) is 11.0. The van der Waals surface area contributed by atoms with E-state index >= 15 is 0 Å². The number of carbonyl (C=O) groups is 1. The molecule has 0 fully saturated rings. The predicted octanol–water partition coefficient (Wildman–Crippen LogP) is 4.09. The third kappa shape index (κ3) is 4.23. The molecule has 0 saturated heterocycles. The number of fused-ring (bicyclic) bond motifs is 1. The summed E-state index contributed by atoms with van der Waals surface area (Å²) in [4.78, 5) is 33.0. The SMILES string of the molecule is Cc1cn(-c2ncnc3[nH]c(-c4ccc(NC(=O)Cc5cc(-c6ccncc6)n[nH]5)cc4)cc23)cn1. The lowest BCUT2D eigenvalue weighted by Crippen LogP contribution is -2.14. The summed E-state index contributed by atoms with van der Waals surface area (Å²) in [5.41, 5.74) is 6.69. The van der Waals surface area contributed by atoms with Crippen LogP contribution in [-0.2, 0) is 11.2 Å². The number of aromatic nitrogens is 8. The van der Waals surface area contributed by atoms with Crippen molar-refractivity contribution in [3.63, 3.8) is 0 Å². The number of rotatable bonds is 6. The number of nitrogens with one attached hydrogen (secondary N) is 3. The van der Waals surface area contributed by atoms with Crippen LogP contribution in [0.15, 0.2) is 79.8 Å². The zero-order chi connectivity index (χ0) is 24.5. The Kier molecular flexibility index (Phi) is 5.30. The molecular weight excluding hydrogens is 454 g/mol. The van der Waals surface area contributed by atoms with E-state index in [-0.39, 0.29) is 12.3 Å². The average molecular weight is 476 g/mol. The molecule has 3 N–H and O–H groups in total. The number of hydrogen-bond acceptors (Lipinski definition) is 6. The molecule has 5 heterocycles. The second-order valence-corrected chi connectivity index (χ2v) is 8.38. The van der Waals surface area contributed by atoms with E-state index < -0.39 is 0 Å². The first-order valence-corrected chi connectivity index (χ1v) is 11.3. The lowest BCUT2D eigenvalue weighted by Gasteiger charge is -2.05. The van der Waals surface area contributed by atoms with Crippen molar-refractivity contribution in [3.8, 4) is 28.3 Å². The molecular formula is C26H21N9O. The molecule has 0 spiro atoms. The normalized spacial score (nSPS) is 11.1. The van der Waals surface area contributed by atoms with Crippen molar-refractivity contribution in [3.05, 3.63) is 91.2 Å². The van der Waals surface area contributed by atoms with Crippen molar-refractivity contribution in [2.24, 2.45) is 0 Å². The summed E-state index contributed by atoms with van der Waals surface area (Å²) < 4.78 is 1.88. The van der Waals surface area contributed by atoms with Crippen LogP contribution in [0.5, 0.6) is 0 Å². The number of H-pyrrole nitrogens is 2. The van der Waals surface area contributed by atoms with Crippen molar-refractivity contribution in [2.45, 2.75) is 13.3 Å². The minimum Gasteiger partial charge on any atom is -0.339 e. The van der Waals surface area contributed by atoms with E-state index in [1.165, 1.54) is 6.33 Å². The molecule has 1 aromatic carbocycles. The van der Waals surface area contributed by atoms with E-state index in [1.54, 1.807) is 18.7 Å². The van der Waals surface area contributed by atoms with E-state index in [0.29, 0.717) is 5.69 Å². The Hall–Kier alpha value is -5.12. The quantitative estimate of drug-likeness (QED) is 0.333. The van der Waals surface area contributed by atoms with Gasteiger partial charge < -0.3 is 10.3 Å². The Morgan fingerprint density at radius 2 is 1.83 bits per heavy atom. The highest BCUT2D eigenvalue weighted by molar-refractivity contribution is 5.93. The van der Waals surface area contributed by atoms with E-state index in [9.17, 15) is 4.79 Å². The van der Waals surface area contributed by atoms with Crippen LogP contribution < -0.4 is 5.32 Å². The van der Waals surface area contributed by atoms with Gasteiger partial charge in [0.1, 0.15) is 18.3 Å². The van der Waals surface area contributed by atoms with Gasteiger partial charge in [-0.05, 0) is 48.9 Å². The van der Waals surface area contributed by atoms with Crippen molar-refractivity contribution in [2.75, 3.05) is 5.32 Å². The average Bonchev–Trinajstić information content (AvgIpc) is 3.64. The first-order valence-electron chi connectivity index (χ1n) is 11.3. The Labute approximate surface area is 205 Å². The highest BCUT2D eigenvalue weighted by atomic mass is 16.1. The minimum absolute atomic E-state index is 0.131. The number of aryl methyl sites for hydroxylation is 1. The number of imidazole rings is 1. The van der Waals surface area contributed by atoms with Gasteiger partial charge in [-0.3, -0.25) is 19.4 Å². The van der Waals surface area contributed by atoms with Gasteiger partial charge in [-0.1, -0.05) is 12.1 Å². The number of hydrogen-bond donors (Lipinski definition) is 3. The molecule has 0 aliphatic rings. The molecule has 5 aromatic heterocycles. The van der Waals surface area contributed by atoms with Crippen LogP contribution in [0, 0.1) is 6.92 Å². The van der Waals surface area contributed by atoms with Crippen LogP contribution in [0.4, 0.5) is 5.69 Å². The van der Waals surface area contributed by atoms with Crippen LogP contribution in [0.2, 0.25) is 0 Å². The summed E-state index contributed by atoms with van der Waals surface area (Å²) in [6, 6.07) is 15.3. The summed E-state index contributed by atoms with van der Waals surface area (Å²) in [7, 11) is 0. The molecule has 0 saturated carbocycles. The van der Waals surface area contributed by atoms with Crippen LogP contribution in [0.3, 0.4) is 0 Å². The highest BCUT2D eigenvalue weighted by Gasteiger charge is 2.12. The highest BCUT2D eigenvalue weighted by Crippen LogP contribution is 2.27. The summed E-state index contributed by atoms with van der Waals surface area (Å²) in [5.74, 6) is 0.631. The lowest BCUT2D eigenvalue weighted by molar-refractivity contribution is -0.115. The number of nitrogens with zero attached hydrogens (tertiary/aromatic N) is 6. The zero-order valence-electron chi connectivity index (χ0n) is 19.3. The van der Waals surface area contributed by atoms with Crippen LogP contribution >= 0.6 is 0 Å². The molecule has 0 radical (unpaired) electrons. The summed E-state index contributed by atoms with van der Waals surface area (Å²) in [6.45, 7) is 1.94. The Balaban J connectivity index is 1.16. The van der Waals surface area contributed by atoms with Gasteiger partial charge in [0, 0.05) is 41.2 Å². The van der Waals surface area contributed by atoms with Crippen LogP contribution in [0.25, 0.3) is 39.4 Å². The molecule has 10 nitrogen and oxygen atoms in total. The van der Waals surface area contributed by atoms with Gasteiger partial charge >= 0.3 is 0 Å². The monoisotopic (exact) mass is 475 g/mol. The molecule has 0 bridgehead atoms. The van der Waals surface area contributed by atoms with Crippen molar-refractivity contribution < 1.29 is 4.79 Å². The van der Waals surface area contributed by atoms with Gasteiger partial charge in [0.15, 0.2) is 5.82 Å². The van der Waals surface area contributed by atoms with Crippen molar-refractivity contribution >= 4 is 22.6 Å². The van der Waals surface area contributed by atoms with Gasteiger partial charge in [0.05, 0.1) is 23.2 Å². The maximum absolute atomic E-state index is 12.6. The van der Waals surface area contributed by atoms with Crippen LogP contribution in [0.1, 0.15) is 11.4 Å². The second-order valence-electron chi connectivity index (χ2n) is 8.38. The van der Waals surface area contributed by atoms with Crippen molar-refractivity contribution in [1.82, 2.24) is 39.7 Å². The van der Waals surface area contributed by atoms with Gasteiger partial charge in [0.25, 0.3) is 0 Å². The predicted molar refractivity (Wildman–Crippen MR) is 135 cm³/mol.